The number of carbonyl (C=O) groups excluding carboxylic acids is 1. The Morgan fingerprint density at radius 1 is 1.11 bits per heavy atom. The first-order chi connectivity index (χ1) is 17.3. The molecule has 2 aromatic carbocycles. The number of hydrogen-bond donors (Lipinski definition) is 0. The van der Waals surface area contributed by atoms with Gasteiger partial charge in [0.05, 0.1) is 49.8 Å². The van der Waals surface area contributed by atoms with Gasteiger partial charge in [-0.2, -0.15) is 0 Å². The number of halogens is 1. The Morgan fingerprint density at radius 2 is 1.78 bits per heavy atom. The normalized spacial score (nSPS) is 15.3. The average molecular weight is 573 g/mol. The number of thiazole rings is 1. The number of hydrogen-bond acceptors (Lipinski definition) is 8. The van der Waals surface area contributed by atoms with Crippen LogP contribution < -0.4 is 29.1 Å². The molecule has 188 valence electrons. The van der Waals surface area contributed by atoms with Crippen molar-refractivity contribution in [1.29, 1.82) is 0 Å². The molecule has 0 amide bonds. The Labute approximate surface area is 220 Å². The molecule has 10 heteroatoms. The van der Waals surface area contributed by atoms with Crippen LogP contribution in [0.25, 0.3) is 6.08 Å². The molecule has 0 bridgehead atoms. The van der Waals surface area contributed by atoms with E-state index in [2.05, 4.69) is 20.9 Å². The summed E-state index contributed by atoms with van der Waals surface area (Å²) in [6, 6.07) is 10.1. The minimum absolute atomic E-state index is 0.192. The molecule has 0 aliphatic carbocycles. The predicted molar refractivity (Wildman–Crippen MR) is 141 cm³/mol. The number of rotatable bonds is 7. The zero-order valence-electron chi connectivity index (χ0n) is 20.5. The van der Waals surface area contributed by atoms with Crippen molar-refractivity contribution in [3.05, 3.63) is 83.0 Å². The highest BCUT2D eigenvalue weighted by atomic mass is 79.9. The topological polar surface area (TPSA) is 88.4 Å². The summed E-state index contributed by atoms with van der Waals surface area (Å²) in [5.41, 5.74) is 1.98. The van der Waals surface area contributed by atoms with Crippen LogP contribution in [0.2, 0.25) is 0 Å². The summed E-state index contributed by atoms with van der Waals surface area (Å²) < 4.78 is 24.2. The summed E-state index contributed by atoms with van der Waals surface area (Å²) >= 11 is 4.86. The van der Waals surface area contributed by atoms with Gasteiger partial charge in [0, 0.05) is 4.47 Å². The lowest BCUT2D eigenvalue weighted by molar-refractivity contribution is -0.139. The molecule has 1 aromatic heterocycles. The molecule has 1 unspecified atom stereocenters. The van der Waals surface area contributed by atoms with Crippen molar-refractivity contribution >= 4 is 39.3 Å². The third kappa shape index (κ3) is 4.70. The third-order valence-electron chi connectivity index (χ3n) is 5.73. The van der Waals surface area contributed by atoms with Gasteiger partial charge in [-0.1, -0.05) is 39.4 Å². The second-order valence-electron chi connectivity index (χ2n) is 7.80. The first kappa shape index (κ1) is 25.7. The number of esters is 1. The van der Waals surface area contributed by atoms with Gasteiger partial charge in [-0.15, -0.1) is 0 Å². The van der Waals surface area contributed by atoms with Crippen LogP contribution in [0.5, 0.6) is 17.2 Å². The van der Waals surface area contributed by atoms with Gasteiger partial charge in [-0.05, 0) is 55.3 Å². The van der Waals surface area contributed by atoms with Crippen LogP contribution in [0.15, 0.2) is 61.9 Å². The fraction of sp³-hybridized carbons (Fsp3) is 0.269. The van der Waals surface area contributed by atoms with E-state index in [0.717, 1.165) is 11.3 Å². The summed E-state index contributed by atoms with van der Waals surface area (Å²) in [5.74, 6) is 1.17. The molecule has 4 rings (SSSR count). The van der Waals surface area contributed by atoms with Crippen LogP contribution in [-0.2, 0) is 9.53 Å². The van der Waals surface area contributed by atoms with Gasteiger partial charge in [0.15, 0.2) is 16.3 Å². The lowest BCUT2D eigenvalue weighted by atomic mass is 9.95. The summed E-state index contributed by atoms with van der Waals surface area (Å²) in [5, 5.41) is 0. The molecular weight excluding hydrogens is 548 g/mol. The van der Waals surface area contributed by atoms with Crippen molar-refractivity contribution < 1.29 is 23.7 Å². The van der Waals surface area contributed by atoms with E-state index in [-0.39, 0.29) is 17.7 Å². The van der Waals surface area contributed by atoms with E-state index in [4.69, 9.17) is 18.9 Å². The Balaban J connectivity index is 1.98. The smallest absolute Gasteiger partial charge is 0.338 e. The lowest BCUT2D eigenvalue weighted by Crippen LogP contribution is -2.40. The second-order valence-corrected chi connectivity index (χ2v) is 9.67. The van der Waals surface area contributed by atoms with E-state index in [0.29, 0.717) is 36.6 Å². The molecule has 0 saturated heterocycles. The van der Waals surface area contributed by atoms with E-state index < -0.39 is 12.0 Å². The van der Waals surface area contributed by atoms with Gasteiger partial charge >= 0.3 is 5.97 Å². The molecule has 3 aromatic rings. The largest absolute Gasteiger partial charge is 0.497 e. The maximum atomic E-state index is 13.8. The predicted octanol–water partition coefficient (Wildman–Crippen LogP) is 3.59. The standard InChI is InChI=1S/C26H25BrN2O6S/c1-6-35-25(31)22-14(2)28-26-29(23(22)17-12-19(33-4)20(34-5)13-18(17)27)24(30)21(36-26)11-15-7-9-16(32-3)10-8-15/h7-13,23H,6H2,1-5H3/b21-11-. The summed E-state index contributed by atoms with van der Waals surface area (Å²) in [6.45, 7) is 3.67. The number of nitrogens with zero attached hydrogens (tertiary/aromatic N) is 2. The number of fused-ring (bicyclic) bond motifs is 1. The minimum atomic E-state index is -0.785. The van der Waals surface area contributed by atoms with Gasteiger partial charge in [0.1, 0.15) is 5.75 Å². The third-order valence-corrected chi connectivity index (χ3v) is 7.40. The number of ether oxygens (including phenoxy) is 4. The van der Waals surface area contributed by atoms with Crippen molar-refractivity contribution in [3.63, 3.8) is 0 Å². The van der Waals surface area contributed by atoms with E-state index in [1.165, 1.54) is 23.0 Å². The van der Waals surface area contributed by atoms with Crippen molar-refractivity contribution in [2.24, 2.45) is 4.99 Å². The van der Waals surface area contributed by atoms with Crippen LogP contribution in [0.3, 0.4) is 0 Å². The van der Waals surface area contributed by atoms with Crippen LogP contribution in [0, 0.1) is 0 Å². The van der Waals surface area contributed by atoms with Gasteiger partial charge in [-0.3, -0.25) is 9.36 Å². The second kappa shape index (κ2) is 10.7. The van der Waals surface area contributed by atoms with Gasteiger partial charge in [-0.25, -0.2) is 9.79 Å². The van der Waals surface area contributed by atoms with Crippen LogP contribution in [0.4, 0.5) is 0 Å². The summed E-state index contributed by atoms with van der Waals surface area (Å²) in [6.07, 6.45) is 1.80. The van der Waals surface area contributed by atoms with Crippen LogP contribution >= 0.6 is 27.3 Å². The Kier molecular flexibility index (Phi) is 7.65. The monoisotopic (exact) mass is 572 g/mol. The molecule has 0 radical (unpaired) electrons. The first-order valence-corrected chi connectivity index (χ1v) is 12.7. The van der Waals surface area contributed by atoms with Crippen molar-refractivity contribution in [1.82, 2.24) is 4.57 Å². The molecule has 0 saturated carbocycles. The fourth-order valence-corrected chi connectivity index (χ4v) is 5.60. The molecule has 0 N–H and O–H groups in total. The highest BCUT2D eigenvalue weighted by Gasteiger charge is 2.35. The Morgan fingerprint density at radius 3 is 2.39 bits per heavy atom. The number of carbonyl (C=O) groups is 1. The van der Waals surface area contributed by atoms with E-state index in [9.17, 15) is 9.59 Å². The van der Waals surface area contributed by atoms with Crippen molar-refractivity contribution in [2.45, 2.75) is 19.9 Å². The zero-order valence-corrected chi connectivity index (χ0v) is 22.9. The Bertz CT molecular complexity index is 1520. The molecule has 0 spiro atoms. The number of benzene rings is 2. The maximum absolute atomic E-state index is 13.8. The highest BCUT2D eigenvalue weighted by Crippen LogP contribution is 2.40. The van der Waals surface area contributed by atoms with E-state index >= 15 is 0 Å². The molecule has 8 nitrogen and oxygen atoms in total. The lowest BCUT2D eigenvalue weighted by Gasteiger charge is -2.26. The fourth-order valence-electron chi connectivity index (χ4n) is 4.02. The number of allylic oxidation sites excluding steroid dienone is 1. The number of aromatic nitrogens is 1. The average Bonchev–Trinajstić information content (AvgIpc) is 3.17. The van der Waals surface area contributed by atoms with Gasteiger partial charge < -0.3 is 18.9 Å². The van der Waals surface area contributed by atoms with E-state index in [1.54, 1.807) is 46.3 Å². The van der Waals surface area contributed by atoms with Gasteiger partial charge in [0.2, 0.25) is 0 Å². The summed E-state index contributed by atoms with van der Waals surface area (Å²) in [4.78, 5) is 32.0. The quantitative estimate of drug-likeness (QED) is 0.402. The van der Waals surface area contributed by atoms with E-state index in [1.807, 2.05) is 24.3 Å². The van der Waals surface area contributed by atoms with Gasteiger partial charge in [0.25, 0.3) is 5.56 Å². The molecule has 1 atom stereocenters. The molecule has 1 aliphatic heterocycles. The van der Waals surface area contributed by atoms with Crippen LogP contribution in [0.1, 0.15) is 31.0 Å². The Hall–Kier alpha value is -3.37. The molecular formula is C26H25BrN2O6S. The van der Waals surface area contributed by atoms with Crippen molar-refractivity contribution in [3.8, 4) is 17.2 Å². The SMILES string of the molecule is CCOC(=O)C1=C(C)N=c2s/c(=C\c3ccc(OC)cc3)c(=O)n2C1c1cc(OC)c(OC)cc1Br. The first-order valence-electron chi connectivity index (χ1n) is 11.1. The maximum Gasteiger partial charge on any atom is 0.338 e. The molecule has 0 fully saturated rings. The highest BCUT2D eigenvalue weighted by molar-refractivity contribution is 9.10. The molecule has 1 aliphatic rings. The number of methoxy groups -OCH3 is 3. The zero-order chi connectivity index (χ0) is 26.0. The molecule has 36 heavy (non-hydrogen) atoms. The minimum Gasteiger partial charge on any atom is -0.497 e. The summed E-state index contributed by atoms with van der Waals surface area (Å²) in [7, 11) is 4.67. The molecule has 2 heterocycles. The van der Waals surface area contributed by atoms with Crippen molar-refractivity contribution in [2.75, 3.05) is 27.9 Å². The van der Waals surface area contributed by atoms with Crippen LogP contribution in [-0.4, -0.2) is 38.5 Å².